The number of carbonyl (C=O) groups excluding carboxylic acids is 2. The Hall–Kier alpha value is -3.10. The largest absolute Gasteiger partial charge is 0.493 e. The van der Waals surface area contributed by atoms with Crippen LogP contribution in [0, 0.1) is 22.0 Å². The molecule has 0 saturated heterocycles. The lowest BCUT2D eigenvalue weighted by molar-refractivity contribution is -0.536. The second-order valence-electron chi connectivity index (χ2n) is 7.80. The van der Waals surface area contributed by atoms with Crippen LogP contribution in [0.25, 0.3) is 0 Å². The fourth-order valence-corrected chi connectivity index (χ4v) is 5.49. The van der Waals surface area contributed by atoms with Gasteiger partial charge in [-0.2, -0.15) is 0 Å². The molecule has 160 valence electrons. The van der Waals surface area contributed by atoms with Gasteiger partial charge in [0.25, 0.3) is 0 Å². The predicted octanol–water partition coefficient (Wildman–Crippen LogP) is 2.07. The number of nitrogens with zero attached hydrogens (tertiary/aromatic N) is 1. The molecule has 5 rings (SSSR count). The van der Waals surface area contributed by atoms with Crippen molar-refractivity contribution < 1.29 is 33.5 Å². The highest BCUT2D eigenvalue weighted by Gasteiger charge is 2.68. The van der Waals surface area contributed by atoms with Crippen molar-refractivity contribution in [1.29, 1.82) is 0 Å². The van der Waals surface area contributed by atoms with Gasteiger partial charge in [0.05, 0.1) is 27.2 Å². The van der Waals surface area contributed by atoms with E-state index in [0.29, 0.717) is 29.2 Å². The molecule has 0 amide bonds. The summed E-state index contributed by atoms with van der Waals surface area (Å²) in [7, 11) is 4.42. The number of rotatable bonds is 5. The van der Waals surface area contributed by atoms with Crippen LogP contribution in [0.15, 0.2) is 18.2 Å². The maximum absolute atomic E-state index is 13.4. The summed E-state index contributed by atoms with van der Waals surface area (Å²) in [5.41, 5.74) is -0.0747. The molecule has 9 nitrogen and oxygen atoms in total. The molecule has 4 aliphatic carbocycles. The molecule has 0 radical (unpaired) electrons. The molecule has 0 N–H and O–H groups in total. The molecule has 4 aliphatic rings. The lowest BCUT2D eigenvalue weighted by Gasteiger charge is -2.49. The molecule has 5 atom stereocenters. The van der Waals surface area contributed by atoms with E-state index in [-0.39, 0.29) is 6.42 Å². The Labute approximate surface area is 173 Å². The molecule has 4 bridgehead atoms. The fourth-order valence-electron chi connectivity index (χ4n) is 5.49. The van der Waals surface area contributed by atoms with Crippen LogP contribution in [0.2, 0.25) is 0 Å². The quantitative estimate of drug-likeness (QED) is 0.310. The van der Waals surface area contributed by atoms with Crippen molar-refractivity contribution in [3.8, 4) is 17.2 Å². The minimum atomic E-state index is -1.44. The number of aryl methyl sites for hydroxylation is 1. The summed E-state index contributed by atoms with van der Waals surface area (Å²) < 4.78 is 22.3. The van der Waals surface area contributed by atoms with Crippen LogP contribution < -0.4 is 14.2 Å². The standard InChI is InChI=1S/C21H23NO8/c1-10(23)30-21-8-7-11-9-14(27-2)18(28-3)19(29-4)15(11)16-13(21)6-5-12(20(21)24)17(16)22(25)26/h5-6,9,12-13,16-17H,7-8H2,1-4H3. The molecule has 0 aliphatic heterocycles. The van der Waals surface area contributed by atoms with Crippen LogP contribution in [0.3, 0.4) is 0 Å². The minimum Gasteiger partial charge on any atom is -0.493 e. The first-order chi connectivity index (χ1) is 14.3. The van der Waals surface area contributed by atoms with Gasteiger partial charge in [-0.1, -0.05) is 12.2 Å². The highest BCUT2D eigenvalue weighted by Crippen LogP contribution is 2.59. The van der Waals surface area contributed by atoms with Crippen LogP contribution >= 0.6 is 0 Å². The van der Waals surface area contributed by atoms with Crippen molar-refractivity contribution in [2.45, 2.75) is 37.3 Å². The second-order valence-corrected chi connectivity index (χ2v) is 7.80. The Morgan fingerprint density at radius 2 is 1.87 bits per heavy atom. The number of carbonyl (C=O) groups is 2. The van der Waals surface area contributed by atoms with E-state index in [4.69, 9.17) is 18.9 Å². The average molecular weight is 417 g/mol. The first kappa shape index (κ1) is 20.2. The average Bonchev–Trinajstić information content (AvgIpc) is 2.83. The lowest BCUT2D eigenvalue weighted by Crippen LogP contribution is -2.64. The molecule has 1 aromatic rings. The van der Waals surface area contributed by atoms with E-state index >= 15 is 0 Å². The molecular weight excluding hydrogens is 394 g/mol. The number of esters is 1. The lowest BCUT2D eigenvalue weighted by atomic mass is 9.56. The number of methoxy groups -OCH3 is 3. The van der Waals surface area contributed by atoms with Gasteiger partial charge in [-0.3, -0.25) is 19.7 Å². The summed E-state index contributed by atoms with van der Waals surface area (Å²) in [5, 5.41) is 12.1. The molecule has 0 heterocycles. The summed E-state index contributed by atoms with van der Waals surface area (Å²) in [6, 6.07) is 0.567. The smallest absolute Gasteiger partial charge is 0.303 e. The third-order valence-electron chi connectivity index (χ3n) is 6.53. The fraction of sp³-hybridized carbons (Fsp3) is 0.524. The Kier molecular flexibility index (Phi) is 4.71. The van der Waals surface area contributed by atoms with Gasteiger partial charge in [-0.05, 0) is 24.5 Å². The third-order valence-corrected chi connectivity index (χ3v) is 6.53. The second kappa shape index (κ2) is 7.00. The Morgan fingerprint density at radius 1 is 1.17 bits per heavy atom. The van der Waals surface area contributed by atoms with E-state index < -0.39 is 46.1 Å². The zero-order valence-electron chi connectivity index (χ0n) is 17.2. The van der Waals surface area contributed by atoms with Crippen LogP contribution in [-0.4, -0.2) is 49.6 Å². The van der Waals surface area contributed by atoms with Crippen molar-refractivity contribution >= 4 is 11.8 Å². The molecule has 30 heavy (non-hydrogen) atoms. The molecule has 1 saturated carbocycles. The Balaban J connectivity index is 2.03. The maximum atomic E-state index is 13.4. The zero-order chi connectivity index (χ0) is 21.8. The summed E-state index contributed by atoms with van der Waals surface area (Å²) in [6.45, 7) is 1.25. The number of Topliss-reactive ketones (excluding diaryl/α,β-unsaturated/α-hetero) is 1. The van der Waals surface area contributed by atoms with E-state index in [9.17, 15) is 19.7 Å². The highest BCUT2D eigenvalue weighted by atomic mass is 16.6. The maximum Gasteiger partial charge on any atom is 0.303 e. The normalized spacial score (nSPS) is 30.9. The van der Waals surface area contributed by atoms with Gasteiger partial charge in [-0.15, -0.1) is 0 Å². The van der Waals surface area contributed by atoms with Gasteiger partial charge in [0, 0.05) is 23.3 Å². The predicted molar refractivity (Wildman–Crippen MR) is 104 cm³/mol. The summed E-state index contributed by atoms with van der Waals surface area (Å²) in [4.78, 5) is 37.0. The zero-order valence-corrected chi connectivity index (χ0v) is 17.2. The Morgan fingerprint density at radius 3 is 2.43 bits per heavy atom. The van der Waals surface area contributed by atoms with Crippen LogP contribution in [0.4, 0.5) is 0 Å². The Bertz CT molecular complexity index is 970. The topological polar surface area (TPSA) is 114 Å². The van der Waals surface area contributed by atoms with E-state index in [1.54, 1.807) is 18.2 Å². The monoisotopic (exact) mass is 417 g/mol. The van der Waals surface area contributed by atoms with Gasteiger partial charge in [0.15, 0.2) is 22.9 Å². The number of fused-ring (bicyclic) bond motifs is 1. The van der Waals surface area contributed by atoms with Crippen molar-refractivity contribution in [3.05, 3.63) is 39.5 Å². The number of hydrogen-bond donors (Lipinski definition) is 0. The van der Waals surface area contributed by atoms with Gasteiger partial charge < -0.3 is 18.9 Å². The minimum absolute atomic E-state index is 0.226. The van der Waals surface area contributed by atoms with Gasteiger partial charge >= 0.3 is 5.97 Å². The number of benzene rings is 1. The molecule has 1 fully saturated rings. The number of nitro groups is 1. The summed E-state index contributed by atoms with van der Waals surface area (Å²) in [6.07, 6.45) is 3.95. The van der Waals surface area contributed by atoms with E-state index in [2.05, 4.69) is 0 Å². The molecule has 0 aromatic heterocycles. The highest BCUT2D eigenvalue weighted by molar-refractivity contribution is 5.96. The van der Waals surface area contributed by atoms with E-state index in [1.807, 2.05) is 0 Å². The van der Waals surface area contributed by atoms with Crippen molar-refractivity contribution in [1.82, 2.24) is 0 Å². The molecule has 9 heteroatoms. The molecule has 0 spiro atoms. The van der Waals surface area contributed by atoms with E-state index in [0.717, 1.165) is 5.56 Å². The van der Waals surface area contributed by atoms with Crippen molar-refractivity contribution in [2.75, 3.05) is 21.3 Å². The van der Waals surface area contributed by atoms with E-state index in [1.165, 1.54) is 28.3 Å². The summed E-state index contributed by atoms with van der Waals surface area (Å²) in [5.74, 6) is -2.29. The number of hydrogen-bond acceptors (Lipinski definition) is 8. The van der Waals surface area contributed by atoms with Gasteiger partial charge in [-0.25, -0.2) is 0 Å². The van der Waals surface area contributed by atoms with Crippen LogP contribution in [0.5, 0.6) is 17.2 Å². The number of ketones is 1. The molecule has 5 unspecified atom stereocenters. The van der Waals surface area contributed by atoms with Crippen LogP contribution in [-0.2, 0) is 20.7 Å². The number of ether oxygens (including phenoxy) is 4. The van der Waals surface area contributed by atoms with Crippen LogP contribution in [0.1, 0.15) is 30.4 Å². The van der Waals surface area contributed by atoms with Crippen molar-refractivity contribution in [2.24, 2.45) is 11.8 Å². The first-order valence-electron chi connectivity index (χ1n) is 9.68. The third kappa shape index (κ3) is 2.54. The molecule has 1 aromatic carbocycles. The van der Waals surface area contributed by atoms with Gasteiger partial charge in [0.1, 0.15) is 5.92 Å². The summed E-state index contributed by atoms with van der Waals surface area (Å²) >= 11 is 0. The SMILES string of the molecule is COc1cc2c(c(OC)c1OC)C1C([N+](=O)[O-])C3C=CC1C(OC(C)=O)(CC2)C3=O. The van der Waals surface area contributed by atoms with Gasteiger partial charge in [0.2, 0.25) is 11.8 Å². The molecular formula is C21H23NO8. The van der Waals surface area contributed by atoms with Crippen molar-refractivity contribution in [3.63, 3.8) is 0 Å². The first-order valence-corrected chi connectivity index (χ1v) is 9.68.